The standard InChI is InChI=1S/C29H33N7O4/c1-6-29(2,3)36-27(32-33-34-36)26(35(18-21-10-8-12-40-21)17-19-9-7-11-30-16-19)22-13-20-14-24(38-4)25(39-5)15-23(20)31-28(22)37/h7-16,26H,6,17-18H2,1-5H3,(H,31,37)/t26-/m1/s1. The fraction of sp³-hybridized carbons (Fsp3) is 0.345. The van der Waals surface area contributed by atoms with E-state index >= 15 is 0 Å². The molecule has 1 atom stereocenters. The summed E-state index contributed by atoms with van der Waals surface area (Å²) in [5.41, 5.74) is 1.42. The number of aromatic amines is 1. The topological polar surface area (TPSA) is 124 Å². The number of ether oxygens (including phenoxy) is 2. The first-order chi connectivity index (χ1) is 19.3. The molecule has 0 amide bonds. The molecule has 4 heterocycles. The Morgan fingerprint density at radius 2 is 1.90 bits per heavy atom. The number of H-pyrrole nitrogens is 1. The number of nitrogens with zero attached hydrogens (tertiary/aromatic N) is 6. The molecule has 11 nitrogen and oxygen atoms in total. The molecule has 5 rings (SSSR count). The van der Waals surface area contributed by atoms with Crippen molar-refractivity contribution in [3.63, 3.8) is 0 Å². The molecule has 0 radical (unpaired) electrons. The molecule has 1 N–H and O–H groups in total. The fourth-order valence-electron chi connectivity index (χ4n) is 4.76. The number of methoxy groups -OCH3 is 2. The van der Waals surface area contributed by atoms with Gasteiger partial charge in [-0.25, -0.2) is 4.68 Å². The van der Waals surface area contributed by atoms with Gasteiger partial charge in [0.05, 0.1) is 38.1 Å². The molecule has 5 aromatic rings. The summed E-state index contributed by atoms with van der Waals surface area (Å²) in [5.74, 6) is 2.38. The number of hydrogen-bond donors (Lipinski definition) is 1. The van der Waals surface area contributed by atoms with E-state index in [0.29, 0.717) is 41.5 Å². The van der Waals surface area contributed by atoms with E-state index in [9.17, 15) is 4.79 Å². The van der Waals surface area contributed by atoms with Gasteiger partial charge in [-0.3, -0.25) is 14.7 Å². The van der Waals surface area contributed by atoms with Crippen LogP contribution in [0.1, 0.15) is 55.9 Å². The van der Waals surface area contributed by atoms with Crippen LogP contribution in [0, 0.1) is 0 Å². The molecule has 0 aliphatic carbocycles. The largest absolute Gasteiger partial charge is 0.493 e. The van der Waals surface area contributed by atoms with Gasteiger partial charge in [0.2, 0.25) is 0 Å². The molecule has 0 spiro atoms. The number of pyridine rings is 2. The Kier molecular flexibility index (Phi) is 7.65. The van der Waals surface area contributed by atoms with Gasteiger partial charge in [-0.15, -0.1) is 5.10 Å². The summed E-state index contributed by atoms with van der Waals surface area (Å²) in [5, 5.41) is 13.7. The zero-order valence-corrected chi connectivity index (χ0v) is 23.3. The highest BCUT2D eigenvalue weighted by molar-refractivity contribution is 5.83. The number of benzene rings is 1. The van der Waals surface area contributed by atoms with Crippen LogP contribution < -0.4 is 15.0 Å². The average molecular weight is 544 g/mol. The van der Waals surface area contributed by atoms with Crippen molar-refractivity contribution in [2.45, 2.75) is 51.9 Å². The van der Waals surface area contributed by atoms with Crippen LogP contribution in [0.15, 0.2) is 70.3 Å². The smallest absolute Gasteiger partial charge is 0.253 e. The van der Waals surface area contributed by atoms with Crippen molar-refractivity contribution in [3.05, 3.63) is 94.2 Å². The first-order valence-electron chi connectivity index (χ1n) is 13.1. The number of rotatable bonds is 11. The maximum Gasteiger partial charge on any atom is 0.253 e. The van der Waals surface area contributed by atoms with Crippen molar-refractivity contribution >= 4 is 10.9 Å². The molecule has 0 fully saturated rings. The minimum Gasteiger partial charge on any atom is -0.493 e. The highest BCUT2D eigenvalue weighted by Gasteiger charge is 2.35. The van der Waals surface area contributed by atoms with Gasteiger partial charge in [-0.2, -0.15) is 0 Å². The van der Waals surface area contributed by atoms with Crippen LogP contribution >= 0.6 is 0 Å². The van der Waals surface area contributed by atoms with Gasteiger partial charge < -0.3 is 18.9 Å². The quantitative estimate of drug-likeness (QED) is 0.257. The normalized spacial score (nSPS) is 12.7. The molecule has 11 heteroatoms. The Balaban J connectivity index is 1.74. The monoisotopic (exact) mass is 543 g/mol. The summed E-state index contributed by atoms with van der Waals surface area (Å²) in [6.07, 6.45) is 5.97. The Hall–Kier alpha value is -4.51. The number of furan rings is 1. The molecular weight excluding hydrogens is 510 g/mol. The number of hydrogen-bond acceptors (Lipinski definition) is 9. The number of tetrazole rings is 1. The molecular formula is C29H33N7O4. The minimum absolute atomic E-state index is 0.260. The Morgan fingerprint density at radius 1 is 1.10 bits per heavy atom. The third kappa shape index (κ3) is 5.32. The van der Waals surface area contributed by atoms with Crippen LogP contribution in [0.25, 0.3) is 10.9 Å². The van der Waals surface area contributed by atoms with Crippen LogP contribution in [-0.2, 0) is 18.6 Å². The van der Waals surface area contributed by atoms with Gasteiger partial charge in [-0.1, -0.05) is 13.0 Å². The molecule has 0 aliphatic rings. The van der Waals surface area contributed by atoms with Crippen LogP contribution in [0.5, 0.6) is 11.5 Å². The zero-order valence-electron chi connectivity index (χ0n) is 23.3. The maximum atomic E-state index is 13.8. The van der Waals surface area contributed by atoms with Gasteiger partial charge >= 0.3 is 0 Å². The molecule has 0 saturated carbocycles. The van der Waals surface area contributed by atoms with E-state index in [4.69, 9.17) is 13.9 Å². The predicted molar refractivity (Wildman–Crippen MR) is 149 cm³/mol. The lowest BCUT2D eigenvalue weighted by Gasteiger charge is -2.33. The summed E-state index contributed by atoms with van der Waals surface area (Å²) in [6.45, 7) is 7.09. The Bertz CT molecular complexity index is 1630. The average Bonchev–Trinajstić information content (AvgIpc) is 3.66. The lowest BCUT2D eigenvalue weighted by molar-refractivity contribution is 0.168. The number of fused-ring (bicyclic) bond motifs is 1. The second kappa shape index (κ2) is 11.3. The highest BCUT2D eigenvalue weighted by atomic mass is 16.5. The lowest BCUT2D eigenvalue weighted by Crippen LogP contribution is -2.38. The number of aromatic nitrogens is 6. The van der Waals surface area contributed by atoms with E-state index in [1.54, 1.807) is 32.7 Å². The van der Waals surface area contributed by atoms with Crippen molar-refractivity contribution in [3.8, 4) is 11.5 Å². The van der Waals surface area contributed by atoms with E-state index in [1.807, 2.05) is 47.3 Å². The second-order valence-electron chi connectivity index (χ2n) is 10.2. The van der Waals surface area contributed by atoms with E-state index in [-0.39, 0.29) is 5.56 Å². The zero-order chi connectivity index (χ0) is 28.3. The van der Waals surface area contributed by atoms with Crippen molar-refractivity contribution in [2.24, 2.45) is 0 Å². The minimum atomic E-state index is -0.632. The van der Waals surface area contributed by atoms with Crippen molar-refractivity contribution in [1.29, 1.82) is 0 Å². The van der Waals surface area contributed by atoms with Crippen molar-refractivity contribution in [1.82, 2.24) is 35.1 Å². The van der Waals surface area contributed by atoms with Crippen LogP contribution in [0.4, 0.5) is 0 Å². The Labute approximate surface area is 231 Å². The van der Waals surface area contributed by atoms with Gasteiger partial charge in [0.25, 0.3) is 5.56 Å². The lowest BCUT2D eigenvalue weighted by atomic mass is 9.98. The Morgan fingerprint density at radius 3 is 2.58 bits per heavy atom. The van der Waals surface area contributed by atoms with Crippen LogP contribution in [-0.4, -0.2) is 49.3 Å². The van der Waals surface area contributed by atoms with E-state index in [1.165, 1.54) is 0 Å². The third-order valence-electron chi connectivity index (χ3n) is 7.26. The highest BCUT2D eigenvalue weighted by Crippen LogP contribution is 2.35. The first kappa shape index (κ1) is 27.1. The molecule has 0 saturated heterocycles. The van der Waals surface area contributed by atoms with Gasteiger partial charge in [0.1, 0.15) is 11.8 Å². The van der Waals surface area contributed by atoms with E-state index in [0.717, 1.165) is 23.1 Å². The molecule has 4 aromatic heterocycles. The van der Waals surface area contributed by atoms with Crippen LogP contribution in [0.3, 0.4) is 0 Å². The molecule has 0 aliphatic heterocycles. The van der Waals surface area contributed by atoms with Gasteiger partial charge in [0, 0.05) is 36.0 Å². The summed E-state index contributed by atoms with van der Waals surface area (Å²) >= 11 is 0. The summed E-state index contributed by atoms with van der Waals surface area (Å²) in [6, 6.07) is 12.5. The van der Waals surface area contributed by atoms with E-state index < -0.39 is 11.6 Å². The van der Waals surface area contributed by atoms with Crippen LogP contribution in [0.2, 0.25) is 0 Å². The first-order valence-corrected chi connectivity index (χ1v) is 13.1. The van der Waals surface area contributed by atoms with Gasteiger partial charge in [0.15, 0.2) is 17.3 Å². The van der Waals surface area contributed by atoms with E-state index in [2.05, 4.69) is 51.2 Å². The molecule has 0 bridgehead atoms. The summed E-state index contributed by atoms with van der Waals surface area (Å²) in [4.78, 5) is 23.3. The molecule has 40 heavy (non-hydrogen) atoms. The second-order valence-corrected chi connectivity index (χ2v) is 10.2. The molecule has 1 aromatic carbocycles. The van der Waals surface area contributed by atoms with Gasteiger partial charge in [-0.05, 0) is 66.6 Å². The fourth-order valence-corrected chi connectivity index (χ4v) is 4.76. The van der Waals surface area contributed by atoms with Crippen molar-refractivity contribution < 1.29 is 13.9 Å². The summed E-state index contributed by atoms with van der Waals surface area (Å²) in [7, 11) is 3.14. The maximum absolute atomic E-state index is 13.8. The molecule has 208 valence electrons. The molecule has 0 unspecified atom stereocenters. The number of nitrogens with one attached hydrogen (secondary N) is 1. The predicted octanol–water partition coefficient (Wildman–Crippen LogP) is 4.46. The van der Waals surface area contributed by atoms with Crippen molar-refractivity contribution in [2.75, 3.05) is 14.2 Å². The third-order valence-corrected chi connectivity index (χ3v) is 7.26. The SMILES string of the molecule is CCC(C)(C)n1nnnc1[C@@H](c1cc2cc(OC)c(OC)cc2[nH]c1=O)N(Cc1cccnc1)Cc1ccco1. The summed E-state index contributed by atoms with van der Waals surface area (Å²) < 4.78 is 18.5.